The zero-order valence-electron chi connectivity index (χ0n) is 8.10. The van der Waals surface area contributed by atoms with Crippen LogP contribution in [0.1, 0.15) is 21.5 Å². The summed E-state index contributed by atoms with van der Waals surface area (Å²) < 4.78 is 0. The summed E-state index contributed by atoms with van der Waals surface area (Å²) in [4.78, 5) is 11.4. The van der Waals surface area contributed by atoms with Gasteiger partial charge in [0, 0.05) is 5.02 Å². The number of hydrogen-bond acceptors (Lipinski definition) is 3. The molecule has 0 spiro atoms. The van der Waals surface area contributed by atoms with E-state index < -0.39 is 0 Å². The first-order chi connectivity index (χ1) is 6.49. The normalized spacial score (nSPS) is 10.3. The summed E-state index contributed by atoms with van der Waals surface area (Å²) in [5, 5.41) is 10.1. The van der Waals surface area contributed by atoms with Gasteiger partial charge in [-0.2, -0.15) is 0 Å². The number of Topliss-reactive ketones (excluding diaryl/α,β-unsaturated/α-hetero) is 1. The predicted octanol–water partition coefficient (Wildman–Crippen LogP) is 1.80. The van der Waals surface area contributed by atoms with Gasteiger partial charge in [-0.25, -0.2) is 0 Å². The molecule has 0 aliphatic rings. The molecule has 1 rings (SSSR count). The van der Waals surface area contributed by atoms with Gasteiger partial charge in [0.05, 0.1) is 12.1 Å². The van der Waals surface area contributed by atoms with Gasteiger partial charge in [0.2, 0.25) is 0 Å². The molecule has 0 fully saturated rings. The first-order valence-corrected chi connectivity index (χ1v) is 4.58. The third kappa shape index (κ3) is 1.74. The van der Waals surface area contributed by atoms with E-state index in [1.807, 2.05) is 0 Å². The SMILES string of the molecule is Cc1cc(O)c(C(=O)CN)c(C)c1Cl. The molecule has 0 saturated heterocycles. The molecule has 0 saturated carbocycles. The van der Waals surface area contributed by atoms with Gasteiger partial charge < -0.3 is 10.8 Å². The van der Waals surface area contributed by atoms with Crippen molar-refractivity contribution in [2.45, 2.75) is 13.8 Å². The lowest BCUT2D eigenvalue weighted by Crippen LogP contribution is -2.15. The lowest BCUT2D eigenvalue weighted by Gasteiger charge is -2.10. The summed E-state index contributed by atoms with van der Waals surface area (Å²) in [6.07, 6.45) is 0. The van der Waals surface area contributed by atoms with Crippen LogP contribution in [0.25, 0.3) is 0 Å². The summed E-state index contributed by atoms with van der Waals surface area (Å²) in [6, 6.07) is 1.47. The lowest BCUT2D eigenvalue weighted by molar-refractivity contribution is 0.0998. The minimum atomic E-state index is -0.304. The Hall–Kier alpha value is -1.06. The molecule has 1 aromatic carbocycles. The van der Waals surface area contributed by atoms with Crippen molar-refractivity contribution in [3.05, 3.63) is 27.8 Å². The van der Waals surface area contributed by atoms with E-state index in [2.05, 4.69) is 0 Å². The van der Waals surface area contributed by atoms with Crippen LogP contribution in [-0.2, 0) is 0 Å². The van der Waals surface area contributed by atoms with E-state index in [1.165, 1.54) is 6.07 Å². The minimum Gasteiger partial charge on any atom is -0.507 e. The maximum Gasteiger partial charge on any atom is 0.180 e. The molecule has 0 unspecified atom stereocenters. The summed E-state index contributed by atoms with van der Waals surface area (Å²) >= 11 is 5.95. The number of hydrogen-bond donors (Lipinski definition) is 2. The van der Waals surface area contributed by atoms with E-state index >= 15 is 0 Å². The molecule has 0 atom stereocenters. The largest absolute Gasteiger partial charge is 0.507 e. The van der Waals surface area contributed by atoms with E-state index in [9.17, 15) is 9.90 Å². The molecule has 4 heteroatoms. The molecule has 0 radical (unpaired) electrons. The number of halogens is 1. The smallest absolute Gasteiger partial charge is 0.180 e. The van der Waals surface area contributed by atoms with Crippen LogP contribution in [0.4, 0.5) is 0 Å². The number of phenolic OH excluding ortho intramolecular Hbond substituents is 1. The molecule has 1 aromatic rings. The van der Waals surface area contributed by atoms with Crippen LogP contribution in [0.3, 0.4) is 0 Å². The van der Waals surface area contributed by atoms with E-state index in [0.29, 0.717) is 10.6 Å². The number of aryl methyl sites for hydroxylation is 1. The van der Waals surface area contributed by atoms with Crippen molar-refractivity contribution >= 4 is 17.4 Å². The van der Waals surface area contributed by atoms with Gasteiger partial charge in [-0.15, -0.1) is 0 Å². The quantitative estimate of drug-likeness (QED) is 0.737. The highest BCUT2D eigenvalue weighted by Crippen LogP contribution is 2.30. The third-order valence-corrected chi connectivity index (χ3v) is 2.71. The van der Waals surface area contributed by atoms with E-state index in [1.54, 1.807) is 13.8 Å². The van der Waals surface area contributed by atoms with Gasteiger partial charge >= 0.3 is 0 Å². The lowest BCUT2D eigenvalue weighted by atomic mass is 10.0. The molecule has 0 bridgehead atoms. The Morgan fingerprint density at radius 1 is 1.57 bits per heavy atom. The van der Waals surface area contributed by atoms with E-state index in [4.69, 9.17) is 17.3 Å². The van der Waals surface area contributed by atoms with Crippen LogP contribution in [-0.4, -0.2) is 17.4 Å². The van der Waals surface area contributed by atoms with Crippen molar-refractivity contribution in [1.29, 1.82) is 0 Å². The van der Waals surface area contributed by atoms with Crippen LogP contribution in [0, 0.1) is 13.8 Å². The highest BCUT2D eigenvalue weighted by Gasteiger charge is 2.16. The Morgan fingerprint density at radius 2 is 2.14 bits per heavy atom. The Kier molecular flexibility index (Phi) is 3.13. The van der Waals surface area contributed by atoms with Gasteiger partial charge in [0.1, 0.15) is 5.75 Å². The van der Waals surface area contributed by atoms with E-state index in [0.717, 1.165) is 5.56 Å². The molecule has 0 amide bonds. The first kappa shape index (κ1) is 11.0. The summed E-state index contributed by atoms with van der Waals surface area (Å²) in [5.74, 6) is -0.359. The average Bonchev–Trinajstić information content (AvgIpc) is 2.14. The van der Waals surface area contributed by atoms with Gasteiger partial charge in [-0.05, 0) is 31.0 Å². The fourth-order valence-electron chi connectivity index (χ4n) is 1.39. The number of rotatable bonds is 2. The highest BCUT2D eigenvalue weighted by molar-refractivity contribution is 6.32. The average molecular weight is 214 g/mol. The standard InChI is InChI=1S/C10H12ClNO2/c1-5-3-7(13)9(8(14)4-12)6(2)10(5)11/h3,13H,4,12H2,1-2H3. The topological polar surface area (TPSA) is 63.3 Å². The molecular formula is C10H12ClNO2. The third-order valence-electron chi connectivity index (χ3n) is 2.12. The van der Waals surface area contributed by atoms with Crippen LogP contribution >= 0.6 is 11.6 Å². The second kappa shape index (κ2) is 3.98. The second-order valence-corrected chi connectivity index (χ2v) is 3.53. The molecular weight excluding hydrogens is 202 g/mol. The Bertz CT molecular complexity index is 388. The first-order valence-electron chi connectivity index (χ1n) is 4.21. The van der Waals surface area contributed by atoms with Gasteiger partial charge in [0.15, 0.2) is 5.78 Å². The van der Waals surface area contributed by atoms with Crippen LogP contribution in [0.15, 0.2) is 6.07 Å². The van der Waals surface area contributed by atoms with Crippen molar-refractivity contribution in [3.63, 3.8) is 0 Å². The van der Waals surface area contributed by atoms with Gasteiger partial charge in [-0.1, -0.05) is 11.6 Å². The predicted molar refractivity (Wildman–Crippen MR) is 56.0 cm³/mol. The molecule has 0 aliphatic heterocycles. The van der Waals surface area contributed by atoms with Crippen molar-refractivity contribution in [1.82, 2.24) is 0 Å². The molecule has 3 N–H and O–H groups in total. The minimum absolute atomic E-state index is 0.0557. The number of phenols is 1. The van der Waals surface area contributed by atoms with Crippen LogP contribution in [0.5, 0.6) is 5.75 Å². The fraction of sp³-hybridized carbons (Fsp3) is 0.300. The number of carbonyl (C=O) groups is 1. The number of carbonyl (C=O) groups excluding carboxylic acids is 1. The zero-order valence-corrected chi connectivity index (χ0v) is 8.85. The molecule has 0 aliphatic carbocycles. The number of aromatic hydroxyl groups is 1. The van der Waals surface area contributed by atoms with Gasteiger partial charge in [-0.3, -0.25) is 4.79 Å². The molecule has 3 nitrogen and oxygen atoms in total. The number of nitrogens with two attached hydrogens (primary N) is 1. The van der Waals surface area contributed by atoms with Crippen molar-refractivity contribution in [2.24, 2.45) is 5.73 Å². The van der Waals surface area contributed by atoms with Crippen molar-refractivity contribution in [3.8, 4) is 5.75 Å². The van der Waals surface area contributed by atoms with Crippen LogP contribution in [0.2, 0.25) is 5.02 Å². The maximum atomic E-state index is 11.4. The maximum absolute atomic E-state index is 11.4. The monoisotopic (exact) mass is 213 g/mol. The second-order valence-electron chi connectivity index (χ2n) is 3.15. The Labute approximate surface area is 87.5 Å². The fourth-order valence-corrected chi connectivity index (χ4v) is 1.54. The van der Waals surface area contributed by atoms with Crippen molar-refractivity contribution in [2.75, 3.05) is 6.54 Å². The molecule has 0 aromatic heterocycles. The van der Waals surface area contributed by atoms with Gasteiger partial charge in [0.25, 0.3) is 0 Å². The van der Waals surface area contributed by atoms with Crippen LogP contribution < -0.4 is 5.73 Å². The zero-order chi connectivity index (χ0) is 10.9. The highest BCUT2D eigenvalue weighted by atomic mass is 35.5. The van der Waals surface area contributed by atoms with Crippen molar-refractivity contribution < 1.29 is 9.90 Å². The number of ketones is 1. The summed E-state index contributed by atoms with van der Waals surface area (Å²) in [5.41, 5.74) is 6.78. The number of benzene rings is 1. The summed E-state index contributed by atoms with van der Waals surface area (Å²) in [6.45, 7) is 3.33. The van der Waals surface area contributed by atoms with E-state index in [-0.39, 0.29) is 23.6 Å². The Balaban J connectivity index is 3.44. The summed E-state index contributed by atoms with van der Waals surface area (Å²) in [7, 11) is 0. The molecule has 76 valence electrons. The molecule has 14 heavy (non-hydrogen) atoms. The Morgan fingerprint density at radius 3 is 2.64 bits per heavy atom. The molecule has 0 heterocycles.